The molecule has 5 heteroatoms. The third-order valence-electron chi connectivity index (χ3n) is 3.04. The van der Waals surface area contributed by atoms with Crippen LogP contribution < -0.4 is 10.6 Å². The summed E-state index contributed by atoms with van der Waals surface area (Å²) >= 11 is 0. The van der Waals surface area contributed by atoms with E-state index >= 15 is 0 Å². The summed E-state index contributed by atoms with van der Waals surface area (Å²) in [6, 6.07) is 7.14. The van der Waals surface area contributed by atoms with E-state index in [9.17, 15) is 9.59 Å². The molecule has 0 saturated carbocycles. The lowest BCUT2D eigenvalue weighted by Crippen LogP contribution is -2.28. The highest BCUT2D eigenvalue weighted by atomic mass is 16.5. The maximum absolute atomic E-state index is 12.0. The van der Waals surface area contributed by atoms with Crippen molar-refractivity contribution >= 4 is 23.2 Å². The Morgan fingerprint density at radius 1 is 1.16 bits per heavy atom. The van der Waals surface area contributed by atoms with Crippen LogP contribution in [0.1, 0.15) is 19.8 Å². The van der Waals surface area contributed by atoms with E-state index in [1.165, 1.54) is 6.92 Å². The molecule has 1 heterocycles. The van der Waals surface area contributed by atoms with Gasteiger partial charge in [-0.05, 0) is 31.0 Å². The van der Waals surface area contributed by atoms with Crippen molar-refractivity contribution in [3.63, 3.8) is 0 Å². The quantitative estimate of drug-likeness (QED) is 0.875. The Kier molecular flexibility index (Phi) is 4.52. The van der Waals surface area contributed by atoms with E-state index in [0.717, 1.165) is 12.8 Å². The van der Waals surface area contributed by atoms with Gasteiger partial charge in [0.1, 0.15) is 0 Å². The van der Waals surface area contributed by atoms with Gasteiger partial charge >= 0.3 is 0 Å². The molecule has 102 valence electrons. The van der Waals surface area contributed by atoms with Crippen LogP contribution >= 0.6 is 0 Å². The summed E-state index contributed by atoms with van der Waals surface area (Å²) < 4.78 is 5.24. The highest BCUT2D eigenvalue weighted by Crippen LogP contribution is 2.19. The molecule has 1 aliphatic heterocycles. The van der Waals surface area contributed by atoms with Gasteiger partial charge in [0.15, 0.2) is 0 Å². The van der Waals surface area contributed by atoms with Crippen LogP contribution in [0, 0.1) is 5.92 Å². The summed E-state index contributed by atoms with van der Waals surface area (Å²) in [4.78, 5) is 23.0. The zero-order valence-electron chi connectivity index (χ0n) is 10.9. The van der Waals surface area contributed by atoms with Crippen molar-refractivity contribution in [1.82, 2.24) is 0 Å². The fraction of sp³-hybridized carbons (Fsp3) is 0.429. The first-order valence-corrected chi connectivity index (χ1v) is 6.41. The van der Waals surface area contributed by atoms with Crippen LogP contribution in [0.2, 0.25) is 0 Å². The Bertz CT molecular complexity index is 468. The second-order valence-corrected chi connectivity index (χ2v) is 4.64. The number of benzene rings is 1. The summed E-state index contributed by atoms with van der Waals surface area (Å²) in [5.74, 6) is -0.102. The van der Waals surface area contributed by atoms with E-state index in [2.05, 4.69) is 10.6 Å². The second-order valence-electron chi connectivity index (χ2n) is 4.64. The number of carbonyl (C=O) groups excluding carboxylic acids is 2. The lowest BCUT2D eigenvalue weighted by atomic mass is 9.99. The van der Waals surface area contributed by atoms with Crippen LogP contribution in [-0.2, 0) is 14.3 Å². The van der Waals surface area contributed by atoms with Crippen molar-refractivity contribution in [2.45, 2.75) is 19.8 Å². The lowest BCUT2D eigenvalue weighted by Gasteiger charge is -2.21. The Morgan fingerprint density at radius 2 is 1.79 bits per heavy atom. The number of hydrogen-bond acceptors (Lipinski definition) is 3. The molecule has 0 aromatic heterocycles. The molecule has 0 aliphatic carbocycles. The number of amides is 2. The van der Waals surface area contributed by atoms with Gasteiger partial charge in [-0.15, -0.1) is 0 Å². The maximum atomic E-state index is 12.0. The fourth-order valence-electron chi connectivity index (χ4n) is 2.08. The van der Waals surface area contributed by atoms with E-state index in [1.807, 2.05) is 6.07 Å². The standard InChI is InChI=1S/C14H18N2O3/c1-10(17)15-12-3-2-4-13(9-12)16-14(18)11-5-7-19-8-6-11/h2-4,9,11H,5-8H2,1H3,(H,15,17)(H,16,18). The van der Waals surface area contributed by atoms with Crippen molar-refractivity contribution in [2.75, 3.05) is 23.8 Å². The molecule has 1 aliphatic rings. The zero-order chi connectivity index (χ0) is 13.7. The van der Waals surface area contributed by atoms with Crippen molar-refractivity contribution in [3.05, 3.63) is 24.3 Å². The number of anilines is 2. The van der Waals surface area contributed by atoms with E-state index in [1.54, 1.807) is 18.2 Å². The SMILES string of the molecule is CC(=O)Nc1cccc(NC(=O)C2CCOCC2)c1. The average Bonchev–Trinajstić information content (AvgIpc) is 2.39. The number of ether oxygens (including phenoxy) is 1. The average molecular weight is 262 g/mol. The predicted molar refractivity (Wildman–Crippen MR) is 72.9 cm³/mol. The van der Waals surface area contributed by atoms with Crippen LogP contribution in [0.3, 0.4) is 0 Å². The molecule has 0 bridgehead atoms. The van der Waals surface area contributed by atoms with E-state index < -0.39 is 0 Å². The third-order valence-corrected chi connectivity index (χ3v) is 3.04. The Balaban J connectivity index is 1.97. The summed E-state index contributed by atoms with van der Waals surface area (Å²) in [6.07, 6.45) is 1.52. The smallest absolute Gasteiger partial charge is 0.227 e. The van der Waals surface area contributed by atoms with Crippen molar-refractivity contribution < 1.29 is 14.3 Å². The molecule has 1 aromatic carbocycles. The van der Waals surface area contributed by atoms with Crippen LogP contribution in [0.25, 0.3) is 0 Å². The topological polar surface area (TPSA) is 67.4 Å². The molecule has 2 amide bonds. The summed E-state index contributed by atoms with van der Waals surface area (Å²) in [6.45, 7) is 2.74. The van der Waals surface area contributed by atoms with Gasteiger partial charge in [0.2, 0.25) is 11.8 Å². The minimum Gasteiger partial charge on any atom is -0.381 e. The second kappa shape index (κ2) is 6.33. The molecule has 1 fully saturated rings. The first kappa shape index (κ1) is 13.5. The zero-order valence-corrected chi connectivity index (χ0v) is 10.9. The van der Waals surface area contributed by atoms with Crippen molar-refractivity contribution in [1.29, 1.82) is 0 Å². The summed E-state index contributed by atoms with van der Waals surface area (Å²) in [5, 5.41) is 5.57. The number of rotatable bonds is 3. The minimum absolute atomic E-state index is 0.0122. The maximum Gasteiger partial charge on any atom is 0.227 e. The highest BCUT2D eigenvalue weighted by molar-refractivity contribution is 5.94. The van der Waals surface area contributed by atoms with E-state index in [4.69, 9.17) is 4.74 Å². The summed E-state index contributed by atoms with van der Waals surface area (Å²) in [5.41, 5.74) is 1.38. The molecule has 2 N–H and O–H groups in total. The molecule has 0 spiro atoms. The molecule has 0 radical (unpaired) electrons. The highest BCUT2D eigenvalue weighted by Gasteiger charge is 2.21. The molecular weight excluding hydrogens is 244 g/mol. The monoisotopic (exact) mass is 262 g/mol. The van der Waals surface area contributed by atoms with Crippen LogP contribution in [0.15, 0.2) is 24.3 Å². The molecule has 0 atom stereocenters. The Hall–Kier alpha value is -1.88. The van der Waals surface area contributed by atoms with Crippen LogP contribution in [0.4, 0.5) is 11.4 Å². The van der Waals surface area contributed by atoms with E-state index in [0.29, 0.717) is 24.6 Å². The van der Waals surface area contributed by atoms with Crippen LogP contribution in [-0.4, -0.2) is 25.0 Å². The lowest BCUT2D eigenvalue weighted by molar-refractivity contribution is -0.122. The van der Waals surface area contributed by atoms with Crippen molar-refractivity contribution in [2.24, 2.45) is 5.92 Å². The first-order chi connectivity index (χ1) is 9.15. The number of carbonyl (C=O) groups is 2. The van der Waals surface area contributed by atoms with Gasteiger partial charge < -0.3 is 15.4 Å². The molecule has 1 saturated heterocycles. The van der Waals surface area contributed by atoms with Gasteiger partial charge in [0.05, 0.1) is 0 Å². The Labute approximate surface area is 112 Å². The molecule has 0 unspecified atom stereocenters. The van der Waals surface area contributed by atoms with Gasteiger partial charge in [-0.1, -0.05) is 6.07 Å². The number of nitrogens with one attached hydrogen (secondary N) is 2. The van der Waals surface area contributed by atoms with Gasteiger partial charge in [-0.3, -0.25) is 9.59 Å². The molecule has 19 heavy (non-hydrogen) atoms. The van der Waals surface area contributed by atoms with E-state index in [-0.39, 0.29) is 17.7 Å². The molecular formula is C14H18N2O3. The molecule has 1 aromatic rings. The molecule has 5 nitrogen and oxygen atoms in total. The number of hydrogen-bond donors (Lipinski definition) is 2. The van der Waals surface area contributed by atoms with Crippen molar-refractivity contribution in [3.8, 4) is 0 Å². The van der Waals surface area contributed by atoms with Gasteiger partial charge in [0.25, 0.3) is 0 Å². The van der Waals surface area contributed by atoms with Gasteiger partial charge in [-0.25, -0.2) is 0 Å². The molecule has 2 rings (SSSR count). The fourth-order valence-corrected chi connectivity index (χ4v) is 2.08. The van der Waals surface area contributed by atoms with Gasteiger partial charge in [-0.2, -0.15) is 0 Å². The summed E-state index contributed by atoms with van der Waals surface area (Å²) in [7, 11) is 0. The Morgan fingerprint density at radius 3 is 2.42 bits per heavy atom. The van der Waals surface area contributed by atoms with Crippen LogP contribution in [0.5, 0.6) is 0 Å². The largest absolute Gasteiger partial charge is 0.381 e. The first-order valence-electron chi connectivity index (χ1n) is 6.41. The third kappa shape index (κ3) is 4.06. The minimum atomic E-state index is -0.132. The predicted octanol–water partition coefficient (Wildman–Crippen LogP) is 2.01. The van der Waals surface area contributed by atoms with Gasteiger partial charge in [0, 0.05) is 37.4 Å². The normalized spacial score (nSPS) is 15.8.